The zero-order chi connectivity index (χ0) is 16.3. The molecule has 1 heterocycles. The number of rotatable bonds is 3. The predicted molar refractivity (Wildman–Crippen MR) is 76.7 cm³/mol. The van der Waals surface area contributed by atoms with Crippen LogP contribution in [0.15, 0.2) is 16.6 Å². The van der Waals surface area contributed by atoms with Gasteiger partial charge in [-0.15, -0.1) is 0 Å². The summed E-state index contributed by atoms with van der Waals surface area (Å²) < 4.78 is 37.8. The number of carbonyl (C=O) groups excluding carboxylic acids is 2. The zero-order valence-electron chi connectivity index (χ0n) is 11.8. The van der Waals surface area contributed by atoms with Crippen molar-refractivity contribution in [1.82, 2.24) is 4.90 Å². The van der Waals surface area contributed by atoms with Crippen LogP contribution in [-0.4, -0.2) is 49.2 Å². The van der Waals surface area contributed by atoms with Crippen LogP contribution < -0.4 is 0 Å². The van der Waals surface area contributed by atoms with Crippen molar-refractivity contribution in [2.24, 2.45) is 0 Å². The molecule has 120 valence electrons. The largest absolute Gasteiger partial charge is 0.438 e. The van der Waals surface area contributed by atoms with Crippen molar-refractivity contribution < 1.29 is 27.8 Å². The Hall–Kier alpha value is -1.54. The molecule has 0 unspecified atom stereocenters. The minimum Gasteiger partial charge on any atom is -0.438 e. The van der Waals surface area contributed by atoms with Gasteiger partial charge in [0.05, 0.1) is 18.8 Å². The first kappa shape index (κ1) is 16.8. The lowest BCUT2D eigenvalue weighted by Crippen LogP contribution is -2.43. The SMILES string of the molecule is C[C@H](OC(=O)N1CCOCC1)C(=O)c1c(F)cc(Br)cc1F. The van der Waals surface area contributed by atoms with Crippen molar-refractivity contribution >= 4 is 27.8 Å². The number of ether oxygens (including phenoxy) is 2. The summed E-state index contributed by atoms with van der Waals surface area (Å²) in [5, 5.41) is 0. The van der Waals surface area contributed by atoms with Crippen LogP contribution in [0.25, 0.3) is 0 Å². The zero-order valence-corrected chi connectivity index (χ0v) is 13.4. The molecule has 0 aromatic heterocycles. The van der Waals surface area contributed by atoms with Crippen molar-refractivity contribution in [3.05, 3.63) is 33.8 Å². The molecule has 1 amide bonds. The van der Waals surface area contributed by atoms with Gasteiger partial charge >= 0.3 is 6.09 Å². The van der Waals surface area contributed by atoms with E-state index in [0.29, 0.717) is 26.3 Å². The van der Waals surface area contributed by atoms with Gasteiger partial charge in [0.15, 0.2) is 6.10 Å². The lowest BCUT2D eigenvalue weighted by Gasteiger charge is -2.27. The van der Waals surface area contributed by atoms with Gasteiger partial charge in [0, 0.05) is 17.6 Å². The Bertz CT molecular complexity index is 567. The van der Waals surface area contributed by atoms with Gasteiger partial charge in [-0.25, -0.2) is 13.6 Å². The second-order valence-electron chi connectivity index (χ2n) is 4.73. The van der Waals surface area contributed by atoms with Crippen LogP contribution in [0.4, 0.5) is 13.6 Å². The van der Waals surface area contributed by atoms with E-state index < -0.39 is 35.2 Å². The van der Waals surface area contributed by atoms with E-state index in [9.17, 15) is 18.4 Å². The van der Waals surface area contributed by atoms with Crippen LogP contribution in [-0.2, 0) is 9.47 Å². The first-order valence-corrected chi connectivity index (χ1v) is 7.41. The quantitative estimate of drug-likeness (QED) is 0.760. The van der Waals surface area contributed by atoms with Gasteiger partial charge in [0.25, 0.3) is 0 Å². The summed E-state index contributed by atoms with van der Waals surface area (Å²) in [6.07, 6.45) is -2.00. The number of halogens is 3. The third-order valence-electron chi connectivity index (χ3n) is 3.17. The number of nitrogens with zero attached hydrogens (tertiary/aromatic N) is 1. The van der Waals surface area contributed by atoms with Crippen LogP contribution in [0.3, 0.4) is 0 Å². The fourth-order valence-electron chi connectivity index (χ4n) is 2.01. The van der Waals surface area contributed by atoms with Gasteiger partial charge < -0.3 is 14.4 Å². The fraction of sp³-hybridized carbons (Fsp3) is 0.429. The van der Waals surface area contributed by atoms with Crippen LogP contribution in [0.5, 0.6) is 0 Å². The Morgan fingerprint density at radius 1 is 1.27 bits per heavy atom. The highest BCUT2D eigenvalue weighted by Crippen LogP contribution is 2.21. The summed E-state index contributed by atoms with van der Waals surface area (Å²) >= 11 is 2.93. The number of Topliss-reactive ketones (excluding diaryl/α,β-unsaturated/α-hetero) is 1. The van der Waals surface area contributed by atoms with E-state index in [2.05, 4.69) is 15.9 Å². The second kappa shape index (κ2) is 7.15. The van der Waals surface area contributed by atoms with Gasteiger partial charge in [-0.05, 0) is 19.1 Å². The maximum absolute atomic E-state index is 13.8. The predicted octanol–water partition coefficient (Wildman–Crippen LogP) is 2.77. The average molecular weight is 378 g/mol. The van der Waals surface area contributed by atoms with Crippen LogP contribution in [0.1, 0.15) is 17.3 Å². The number of hydrogen-bond donors (Lipinski definition) is 0. The Kier molecular flexibility index (Phi) is 5.47. The van der Waals surface area contributed by atoms with E-state index in [1.54, 1.807) is 0 Å². The number of ketones is 1. The summed E-state index contributed by atoms with van der Waals surface area (Å²) in [5.74, 6) is -2.94. The highest BCUT2D eigenvalue weighted by Gasteiger charge is 2.28. The van der Waals surface area contributed by atoms with E-state index in [-0.39, 0.29) is 4.47 Å². The lowest BCUT2D eigenvalue weighted by molar-refractivity contribution is 0.0159. The molecule has 0 radical (unpaired) electrons. The molecule has 1 fully saturated rings. The molecular formula is C14H14BrF2NO4. The van der Waals surface area contributed by atoms with Gasteiger partial charge in [0.2, 0.25) is 5.78 Å². The summed E-state index contributed by atoms with van der Waals surface area (Å²) in [6.45, 7) is 2.74. The maximum Gasteiger partial charge on any atom is 0.410 e. The Morgan fingerprint density at radius 3 is 2.36 bits per heavy atom. The monoisotopic (exact) mass is 377 g/mol. The molecule has 0 bridgehead atoms. The Balaban J connectivity index is 2.07. The van der Waals surface area contributed by atoms with E-state index in [1.165, 1.54) is 11.8 Å². The minimum atomic E-state index is -1.29. The van der Waals surface area contributed by atoms with Gasteiger partial charge in [-0.2, -0.15) is 0 Å². The molecule has 1 aromatic rings. The molecule has 2 rings (SSSR count). The fourth-order valence-corrected chi connectivity index (χ4v) is 2.41. The average Bonchev–Trinajstić information content (AvgIpc) is 2.46. The Labute approximate surface area is 134 Å². The topological polar surface area (TPSA) is 55.8 Å². The van der Waals surface area contributed by atoms with Crippen molar-refractivity contribution in [2.45, 2.75) is 13.0 Å². The smallest absolute Gasteiger partial charge is 0.410 e. The first-order valence-electron chi connectivity index (χ1n) is 6.62. The number of amides is 1. The number of benzene rings is 1. The Morgan fingerprint density at radius 2 is 1.82 bits per heavy atom. The van der Waals surface area contributed by atoms with Crippen molar-refractivity contribution in [3.8, 4) is 0 Å². The molecule has 5 nitrogen and oxygen atoms in total. The second-order valence-corrected chi connectivity index (χ2v) is 5.65. The third-order valence-corrected chi connectivity index (χ3v) is 3.63. The van der Waals surface area contributed by atoms with E-state index in [4.69, 9.17) is 9.47 Å². The number of morpholine rings is 1. The van der Waals surface area contributed by atoms with Crippen LogP contribution in [0, 0.1) is 11.6 Å². The summed E-state index contributed by atoms with van der Waals surface area (Å²) in [6, 6.07) is 1.96. The minimum absolute atomic E-state index is 0.178. The lowest BCUT2D eigenvalue weighted by atomic mass is 10.1. The number of hydrogen-bond acceptors (Lipinski definition) is 4. The summed E-state index contributed by atoms with van der Waals surface area (Å²) in [4.78, 5) is 25.3. The summed E-state index contributed by atoms with van der Waals surface area (Å²) in [5.41, 5.74) is -0.717. The van der Waals surface area contributed by atoms with Crippen molar-refractivity contribution in [1.29, 1.82) is 0 Å². The van der Waals surface area contributed by atoms with Gasteiger partial charge in [0.1, 0.15) is 11.6 Å². The molecule has 0 saturated carbocycles. The van der Waals surface area contributed by atoms with Gasteiger partial charge in [-0.1, -0.05) is 15.9 Å². The van der Waals surface area contributed by atoms with Crippen molar-refractivity contribution in [2.75, 3.05) is 26.3 Å². The molecule has 1 aromatic carbocycles. The normalized spacial score (nSPS) is 16.3. The van der Waals surface area contributed by atoms with Crippen molar-refractivity contribution in [3.63, 3.8) is 0 Å². The molecule has 8 heteroatoms. The molecule has 0 N–H and O–H groups in total. The van der Waals surface area contributed by atoms with E-state index in [0.717, 1.165) is 12.1 Å². The van der Waals surface area contributed by atoms with E-state index >= 15 is 0 Å². The molecule has 1 aliphatic heterocycles. The number of carbonyl (C=O) groups is 2. The molecular weight excluding hydrogens is 364 g/mol. The standard InChI is InChI=1S/C14H14BrF2NO4/c1-8(22-14(20)18-2-4-21-5-3-18)13(19)12-10(16)6-9(15)7-11(12)17/h6-8H,2-5H2,1H3/t8-/m0/s1. The maximum atomic E-state index is 13.8. The highest BCUT2D eigenvalue weighted by atomic mass is 79.9. The highest BCUT2D eigenvalue weighted by molar-refractivity contribution is 9.10. The molecule has 1 aliphatic rings. The molecule has 0 aliphatic carbocycles. The molecule has 1 atom stereocenters. The molecule has 1 saturated heterocycles. The van der Waals surface area contributed by atoms with Gasteiger partial charge in [-0.3, -0.25) is 4.79 Å². The molecule has 22 heavy (non-hydrogen) atoms. The van der Waals surface area contributed by atoms with Crippen LogP contribution >= 0.6 is 15.9 Å². The van der Waals surface area contributed by atoms with Crippen LogP contribution in [0.2, 0.25) is 0 Å². The first-order chi connectivity index (χ1) is 10.4. The molecule has 0 spiro atoms. The third kappa shape index (κ3) is 3.80. The summed E-state index contributed by atoms with van der Waals surface area (Å²) in [7, 11) is 0. The van der Waals surface area contributed by atoms with E-state index in [1.807, 2.05) is 0 Å².